The fraction of sp³-hybridized carbons (Fsp3) is 0.267. The molecule has 0 saturated carbocycles. The lowest BCUT2D eigenvalue weighted by Crippen LogP contribution is -2.11. The molecule has 3 N–H and O–H groups in total. The summed E-state index contributed by atoms with van der Waals surface area (Å²) >= 11 is 1.58. The number of methoxy groups -OCH3 is 1. The molecule has 0 fully saturated rings. The molecule has 1 aliphatic carbocycles. The molecule has 1 aromatic heterocycles. The van der Waals surface area contributed by atoms with Crippen LogP contribution >= 0.6 is 11.3 Å². The van der Waals surface area contributed by atoms with Crippen LogP contribution in [-0.4, -0.2) is 13.0 Å². The van der Waals surface area contributed by atoms with Crippen LogP contribution in [0.2, 0.25) is 0 Å². The number of amides is 1. The first-order chi connectivity index (χ1) is 9.67. The van der Waals surface area contributed by atoms with E-state index in [0.717, 1.165) is 17.7 Å². The number of nitrogens with one attached hydrogen (secondary N) is 1. The van der Waals surface area contributed by atoms with Gasteiger partial charge in [-0.2, -0.15) is 0 Å². The third-order valence-electron chi connectivity index (χ3n) is 3.48. The molecule has 1 aromatic carbocycles. The Morgan fingerprint density at radius 1 is 1.35 bits per heavy atom. The zero-order valence-electron chi connectivity index (χ0n) is 11.2. The molecule has 0 unspecified atom stereocenters. The zero-order valence-corrected chi connectivity index (χ0v) is 12.0. The molecule has 0 spiro atoms. The second-order valence-electron chi connectivity index (χ2n) is 4.82. The molecule has 0 atom stereocenters. The molecule has 0 radical (unpaired) electrons. The van der Waals surface area contributed by atoms with Crippen LogP contribution in [0, 0.1) is 0 Å². The molecule has 20 heavy (non-hydrogen) atoms. The summed E-state index contributed by atoms with van der Waals surface area (Å²) in [6.45, 7) is 0. The minimum atomic E-state index is -0.107. The molecule has 1 amide bonds. The van der Waals surface area contributed by atoms with Crippen molar-refractivity contribution in [3.05, 3.63) is 39.6 Å². The highest BCUT2D eigenvalue weighted by molar-refractivity contribution is 7.14. The quantitative estimate of drug-likeness (QED) is 0.853. The maximum Gasteiger partial charge on any atom is 0.265 e. The van der Waals surface area contributed by atoms with Crippen LogP contribution in [0.5, 0.6) is 5.75 Å². The largest absolute Gasteiger partial charge is 0.497 e. The van der Waals surface area contributed by atoms with E-state index in [1.165, 1.54) is 16.9 Å². The van der Waals surface area contributed by atoms with Crippen LogP contribution in [0.25, 0.3) is 0 Å². The van der Waals surface area contributed by atoms with Crippen molar-refractivity contribution in [1.29, 1.82) is 0 Å². The first-order valence-electron chi connectivity index (χ1n) is 6.54. The number of nitrogens with two attached hydrogens (primary N) is 1. The molecular weight excluding hydrogens is 272 g/mol. The highest BCUT2D eigenvalue weighted by atomic mass is 32.1. The average Bonchev–Trinajstić information content (AvgIpc) is 3.02. The van der Waals surface area contributed by atoms with Crippen molar-refractivity contribution in [3.63, 3.8) is 0 Å². The number of fused-ring (bicyclic) bond motifs is 1. The van der Waals surface area contributed by atoms with Crippen molar-refractivity contribution in [1.82, 2.24) is 0 Å². The number of thiophene rings is 1. The maximum atomic E-state index is 12.3. The molecule has 0 saturated heterocycles. The number of nitrogen functional groups attached to an aromatic ring is 1. The lowest BCUT2D eigenvalue weighted by Gasteiger charge is -2.09. The topological polar surface area (TPSA) is 64.3 Å². The fourth-order valence-corrected chi connectivity index (χ4v) is 3.54. The van der Waals surface area contributed by atoms with E-state index < -0.39 is 0 Å². The van der Waals surface area contributed by atoms with Gasteiger partial charge in [-0.05, 0) is 43.0 Å². The van der Waals surface area contributed by atoms with Crippen molar-refractivity contribution in [3.8, 4) is 5.75 Å². The third kappa shape index (κ3) is 2.36. The van der Waals surface area contributed by atoms with Crippen molar-refractivity contribution >= 4 is 28.6 Å². The maximum absolute atomic E-state index is 12.3. The summed E-state index contributed by atoms with van der Waals surface area (Å²) in [7, 11) is 1.58. The minimum absolute atomic E-state index is 0.107. The molecule has 4 nitrogen and oxygen atoms in total. The standard InChI is InChI=1S/C15H16N2O2S/c1-19-10-5-6-11(16)12(8-10)17-15(18)14-7-9-3-2-4-13(9)20-14/h5-8H,2-4,16H2,1H3,(H,17,18). The normalized spacial score (nSPS) is 13.1. The van der Waals surface area contributed by atoms with Crippen molar-refractivity contribution in [2.24, 2.45) is 0 Å². The van der Waals surface area contributed by atoms with Gasteiger partial charge < -0.3 is 15.8 Å². The zero-order chi connectivity index (χ0) is 14.1. The summed E-state index contributed by atoms with van der Waals surface area (Å²) in [5.41, 5.74) is 8.31. The number of hydrogen-bond acceptors (Lipinski definition) is 4. The molecule has 104 valence electrons. The monoisotopic (exact) mass is 288 g/mol. The van der Waals surface area contributed by atoms with Crippen LogP contribution in [0.1, 0.15) is 26.5 Å². The van der Waals surface area contributed by atoms with Crippen LogP contribution in [-0.2, 0) is 12.8 Å². The van der Waals surface area contributed by atoms with E-state index in [1.54, 1.807) is 36.6 Å². The summed E-state index contributed by atoms with van der Waals surface area (Å²) in [5, 5.41) is 2.86. The number of carbonyl (C=O) groups is 1. The van der Waals surface area contributed by atoms with Gasteiger partial charge in [0.25, 0.3) is 5.91 Å². The van der Waals surface area contributed by atoms with E-state index in [0.29, 0.717) is 17.1 Å². The van der Waals surface area contributed by atoms with Gasteiger partial charge in [0.2, 0.25) is 0 Å². The second kappa shape index (κ2) is 5.17. The SMILES string of the molecule is COc1ccc(N)c(NC(=O)c2cc3c(s2)CCC3)c1. The van der Waals surface area contributed by atoms with E-state index in [9.17, 15) is 4.79 Å². The van der Waals surface area contributed by atoms with Crippen LogP contribution < -0.4 is 15.8 Å². The number of carbonyl (C=O) groups excluding carboxylic acids is 1. The predicted molar refractivity (Wildman–Crippen MR) is 81.7 cm³/mol. The Bertz CT molecular complexity index is 642. The molecule has 0 bridgehead atoms. The first-order valence-corrected chi connectivity index (χ1v) is 7.35. The van der Waals surface area contributed by atoms with E-state index in [-0.39, 0.29) is 5.91 Å². The first kappa shape index (κ1) is 13.0. The summed E-state index contributed by atoms with van der Waals surface area (Å²) in [5.74, 6) is 0.563. The lowest BCUT2D eigenvalue weighted by atomic mass is 10.2. The van der Waals surface area contributed by atoms with Gasteiger partial charge in [0.1, 0.15) is 5.75 Å². The van der Waals surface area contributed by atoms with Crippen LogP contribution in [0.3, 0.4) is 0 Å². The van der Waals surface area contributed by atoms with Gasteiger partial charge in [-0.15, -0.1) is 11.3 Å². The fourth-order valence-electron chi connectivity index (χ4n) is 2.40. The number of benzene rings is 1. The van der Waals surface area contributed by atoms with Crippen molar-refractivity contribution < 1.29 is 9.53 Å². The van der Waals surface area contributed by atoms with Gasteiger partial charge in [0.05, 0.1) is 23.4 Å². The molecule has 2 aromatic rings. The Hall–Kier alpha value is -2.01. The highest BCUT2D eigenvalue weighted by Crippen LogP contribution is 2.32. The molecule has 1 heterocycles. The van der Waals surface area contributed by atoms with Gasteiger partial charge in [0, 0.05) is 10.9 Å². The van der Waals surface area contributed by atoms with E-state index >= 15 is 0 Å². The molecule has 0 aliphatic heterocycles. The molecule has 5 heteroatoms. The van der Waals surface area contributed by atoms with Crippen LogP contribution in [0.15, 0.2) is 24.3 Å². The third-order valence-corrected chi connectivity index (χ3v) is 4.71. The Morgan fingerprint density at radius 3 is 2.95 bits per heavy atom. The molecular formula is C15H16N2O2S. The Kier molecular flexibility index (Phi) is 3.36. The van der Waals surface area contributed by atoms with Gasteiger partial charge in [0.15, 0.2) is 0 Å². The Balaban J connectivity index is 1.81. The summed E-state index contributed by atoms with van der Waals surface area (Å²) in [6, 6.07) is 7.22. The van der Waals surface area contributed by atoms with Gasteiger partial charge >= 0.3 is 0 Å². The molecule has 1 aliphatic rings. The summed E-state index contributed by atoms with van der Waals surface area (Å²) in [4.78, 5) is 14.4. The number of aryl methyl sites for hydroxylation is 2. The minimum Gasteiger partial charge on any atom is -0.497 e. The average molecular weight is 288 g/mol. The number of hydrogen-bond donors (Lipinski definition) is 2. The highest BCUT2D eigenvalue weighted by Gasteiger charge is 2.19. The van der Waals surface area contributed by atoms with E-state index in [1.807, 2.05) is 6.07 Å². The lowest BCUT2D eigenvalue weighted by molar-refractivity contribution is 0.103. The predicted octanol–water partition coefficient (Wildman–Crippen LogP) is 3.08. The summed E-state index contributed by atoms with van der Waals surface area (Å²) < 4.78 is 5.14. The number of ether oxygens (including phenoxy) is 1. The Labute approximate surface area is 121 Å². The number of anilines is 2. The van der Waals surface area contributed by atoms with Crippen molar-refractivity contribution in [2.45, 2.75) is 19.3 Å². The summed E-state index contributed by atoms with van der Waals surface area (Å²) in [6.07, 6.45) is 3.38. The van der Waals surface area contributed by atoms with Crippen molar-refractivity contribution in [2.75, 3.05) is 18.2 Å². The second-order valence-corrected chi connectivity index (χ2v) is 5.96. The van der Waals surface area contributed by atoms with Gasteiger partial charge in [-0.25, -0.2) is 0 Å². The smallest absolute Gasteiger partial charge is 0.265 e. The van der Waals surface area contributed by atoms with Crippen LogP contribution in [0.4, 0.5) is 11.4 Å². The van der Waals surface area contributed by atoms with E-state index in [2.05, 4.69) is 5.32 Å². The Morgan fingerprint density at radius 2 is 2.20 bits per heavy atom. The molecule has 3 rings (SSSR count). The van der Waals surface area contributed by atoms with E-state index in [4.69, 9.17) is 10.5 Å². The van der Waals surface area contributed by atoms with Gasteiger partial charge in [-0.3, -0.25) is 4.79 Å². The van der Waals surface area contributed by atoms with Gasteiger partial charge in [-0.1, -0.05) is 0 Å². The number of rotatable bonds is 3.